The Morgan fingerprint density at radius 2 is 2.11 bits per heavy atom. The van der Waals surface area contributed by atoms with Gasteiger partial charge in [0.15, 0.2) is 0 Å². The molecule has 0 aliphatic heterocycles. The van der Waals surface area contributed by atoms with Crippen molar-refractivity contribution in [1.82, 2.24) is 5.43 Å². The van der Waals surface area contributed by atoms with Crippen molar-refractivity contribution in [1.29, 1.82) is 0 Å². The second kappa shape index (κ2) is 6.68. The van der Waals surface area contributed by atoms with E-state index < -0.39 is 5.92 Å². The minimum absolute atomic E-state index is 0.0151. The molecule has 0 spiro atoms. The minimum atomic E-state index is -2.46. The maximum absolute atomic E-state index is 13.1. The van der Waals surface area contributed by atoms with Gasteiger partial charge in [-0.2, -0.15) is 0 Å². The van der Waals surface area contributed by atoms with Crippen molar-refractivity contribution >= 4 is 11.8 Å². The first kappa shape index (κ1) is 14.8. The molecule has 1 fully saturated rings. The highest BCUT2D eigenvalue weighted by Crippen LogP contribution is 2.41. The average molecular weight is 286 g/mol. The minimum Gasteiger partial charge on any atom is -0.271 e. The lowest BCUT2D eigenvalue weighted by molar-refractivity contribution is 0.00442. The normalized spacial score (nSPS) is 23.4. The lowest BCUT2D eigenvalue weighted by Gasteiger charge is -2.19. The summed E-state index contributed by atoms with van der Waals surface area (Å²) in [5, 5.41) is 0. The molecule has 2 atom stereocenters. The predicted molar refractivity (Wildman–Crippen MR) is 75.2 cm³/mol. The first-order chi connectivity index (χ1) is 9.09. The summed E-state index contributed by atoms with van der Waals surface area (Å²) < 4.78 is 26.3. The Labute approximate surface area is 117 Å². The van der Waals surface area contributed by atoms with E-state index in [1.165, 1.54) is 4.90 Å². The Kier molecular flexibility index (Phi) is 5.19. The Bertz CT molecular complexity index is 386. The van der Waals surface area contributed by atoms with Crippen LogP contribution in [-0.2, 0) is 0 Å². The predicted octanol–water partition coefficient (Wildman–Crippen LogP) is 3.44. The summed E-state index contributed by atoms with van der Waals surface area (Å²) >= 11 is 1.71. The number of nitrogens with one attached hydrogen (secondary N) is 1. The van der Waals surface area contributed by atoms with Gasteiger partial charge in [0.25, 0.3) is 0 Å². The van der Waals surface area contributed by atoms with Crippen LogP contribution in [0.3, 0.4) is 0 Å². The molecule has 1 aliphatic carbocycles. The van der Waals surface area contributed by atoms with Gasteiger partial charge in [-0.15, -0.1) is 11.8 Å². The van der Waals surface area contributed by atoms with E-state index in [1.54, 1.807) is 11.8 Å². The number of benzene rings is 1. The van der Waals surface area contributed by atoms with E-state index in [1.807, 2.05) is 30.3 Å². The first-order valence-electron chi connectivity index (χ1n) is 6.61. The molecule has 2 rings (SSSR count). The number of hydrazine groups is 1. The summed E-state index contributed by atoms with van der Waals surface area (Å²) in [7, 11) is 0. The highest BCUT2D eigenvalue weighted by molar-refractivity contribution is 7.99. The number of rotatable bonds is 6. The fraction of sp³-hybridized carbons (Fsp3) is 0.571. The monoisotopic (exact) mass is 286 g/mol. The van der Waals surface area contributed by atoms with Crippen LogP contribution in [0.5, 0.6) is 0 Å². The van der Waals surface area contributed by atoms with Gasteiger partial charge in [0, 0.05) is 29.5 Å². The highest BCUT2D eigenvalue weighted by Gasteiger charge is 2.39. The molecule has 0 amide bonds. The summed E-state index contributed by atoms with van der Waals surface area (Å²) in [4.78, 5) is 1.18. The number of alkyl halides is 2. The SMILES string of the molecule is NNC(CSc1ccccc1)CC1CCC(F)(F)C1. The Morgan fingerprint density at radius 3 is 2.68 bits per heavy atom. The van der Waals surface area contributed by atoms with Crippen LogP contribution >= 0.6 is 11.8 Å². The third-order valence-corrected chi connectivity index (χ3v) is 4.73. The Balaban J connectivity index is 1.78. The van der Waals surface area contributed by atoms with Crippen molar-refractivity contribution in [3.8, 4) is 0 Å². The highest BCUT2D eigenvalue weighted by atomic mass is 32.2. The molecule has 0 aromatic heterocycles. The fourth-order valence-corrected chi connectivity index (χ4v) is 3.52. The van der Waals surface area contributed by atoms with Crippen LogP contribution in [0.2, 0.25) is 0 Å². The standard InChI is InChI=1S/C14H20F2N2S/c15-14(16)7-6-11(9-14)8-12(18-17)10-19-13-4-2-1-3-5-13/h1-5,11-12,18H,6-10,17H2. The molecule has 1 saturated carbocycles. The van der Waals surface area contributed by atoms with E-state index in [0.717, 1.165) is 12.2 Å². The summed E-state index contributed by atoms with van der Waals surface area (Å²) in [6.45, 7) is 0. The quantitative estimate of drug-likeness (QED) is 0.478. The molecular formula is C14H20F2N2S. The maximum Gasteiger partial charge on any atom is 0.248 e. The van der Waals surface area contributed by atoms with Crippen molar-refractivity contribution in [3.63, 3.8) is 0 Å². The molecule has 0 saturated heterocycles. The molecule has 0 bridgehead atoms. The van der Waals surface area contributed by atoms with Crippen LogP contribution in [-0.4, -0.2) is 17.7 Å². The number of hydrogen-bond acceptors (Lipinski definition) is 3. The van der Waals surface area contributed by atoms with E-state index in [4.69, 9.17) is 5.84 Å². The van der Waals surface area contributed by atoms with Gasteiger partial charge in [-0.1, -0.05) is 18.2 Å². The molecule has 3 N–H and O–H groups in total. The summed E-state index contributed by atoms with van der Waals surface area (Å²) in [5.74, 6) is 3.97. The Hall–Kier alpha value is -0.650. The lowest BCUT2D eigenvalue weighted by atomic mass is 9.99. The number of halogens is 2. The first-order valence-corrected chi connectivity index (χ1v) is 7.59. The van der Waals surface area contributed by atoms with Gasteiger partial charge in [0.1, 0.15) is 0 Å². The smallest absolute Gasteiger partial charge is 0.248 e. The zero-order valence-electron chi connectivity index (χ0n) is 10.8. The summed E-state index contributed by atoms with van der Waals surface area (Å²) in [5.41, 5.74) is 2.76. The topological polar surface area (TPSA) is 38.0 Å². The molecular weight excluding hydrogens is 266 g/mol. The third kappa shape index (κ3) is 4.75. The van der Waals surface area contributed by atoms with Crippen molar-refractivity contribution in [2.75, 3.05) is 5.75 Å². The van der Waals surface area contributed by atoms with Gasteiger partial charge < -0.3 is 0 Å². The van der Waals surface area contributed by atoms with E-state index in [2.05, 4.69) is 5.43 Å². The van der Waals surface area contributed by atoms with Crippen LogP contribution in [0.1, 0.15) is 25.7 Å². The second-order valence-corrected chi connectivity index (χ2v) is 6.28. The zero-order chi connectivity index (χ0) is 13.7. The molecule has 106 valence electrons. The molecule has 5 heteroatoms. The largest absolute Gasteiger partial charge is 0.271 e. The van der Waals surface area contributed by atoms with Crippen LogP contribution in [0, 0.1) is 5.92 Å². The van der Waals surface area contributed by atoms with E-state index in [0.29, 0.717) is 6.42 Å². The van der Waals surface area contributed by atoms with Crippen LogP contribution < -0.4 is 11.3 Å². The Morgan fingerprint density at radius 1 is 1.37 bits per heavy atom. The van der Waals surface area contributed by atoms with Gasteiger partial charge >= 0.3 is 0 Å². The van der Waals surface area contributed by atoms with E-state index in [-0.39, 0.29) is 24.8 Å². The molecule has 2 nitrogen and oxygen atoms in total. The summed E-state index contributed by atoms with van der Waals surface area (Å²) in [6, 6.07) is 10.1. The summed E-state index contributed by atoms with van der Waals surface area (Å²) in [6.07, 6.45) is 1.38. The van der Waals surface area contributed by atoms with Gasteiger partial charge in [0.2, 0.25) is 5.92 Å². The number of nitrogens with two attached hydrogens (primary N) is 1. The van der Waals surface area contributed by atoms with Crippen molar-refractivity contribution in [3.05, 3.63) is 30.3 Å². The third-order valence-electron chi connectivity index (χ3n) is 3.55. The molecule has 1 aromatic carbocycles. The van der Waals surface area contributed by atoms with Crippen LogP contribution in [0.25, 0.3) is 0 Å². The second-order valence-electron chi connectivity index (χ2n) is 5.19. The molecule has 19 heavy (non-hydrogen) atoms. The molecule has 0 radical (unpaired) electrons. The van der Waals surface area contributed by atoms with Gasteiger partial charge in [-0.25, -0.2) is 8.78 Å². The van der Waals surface area contributed by atoms with E-state index in [9.17, 15) is 8.78 Å². The van der Waals surface area contributed by atoms with Gasteiger partial charge in [-0.05, 0) is 30.9 Å². The van der Waals surface area contributed by atoms with Crippen LogP contribution in [0.4, 0.5) is 8.78 Å². The maximum atomic E-state index is 13.1. The fourth-order valence-electron chi connectivity index (χ4n) is 2.54. The van der Waals surface area contributed by atoms with Crippen LogP contribution in [0.15, 0.2) is 35.2 Å². The van der Waals surface area contributed by atoms with Crippen molar-refractivity contribution in [2.45, 2.75) is 42.5 Å². The van der Waals surface area contributed by atoms with Crippen molar-refractivity contribution < 1.29 is 8.78 Å². The van der Waals surface area contributed by atoms with Gasteiger partial charge in [-0.3, -0.25) is 11.3 Å². The molecule has 2 unspecified atom stereocenters. The average Bonchev–Trinajstić information content (AvgIpc) is 2.75. The molecule has 1 aromatic rings. The van der Waals surface area contributed by atoms with Gasteiger partial charge in [0.05, 0.1) is 0 Å². The molecule has 1 aliphatic rings. The lowest BCUT2D eigenvalue weighted by Crippen LogP contribution is -2.38. The number of hydrogen-bond donors (Lipinski definition) is 2. The van der Waals surface area contributed by atoms with E-state index >= 15 is 0 Å². The number of thioether (sulfide) groups is 1. The molecule has 0 heterocycles. The van der Waals surface area contributed by atoms with Crippen molar-refractivity contribution in [2.24, 2.45) is 11.8 Å². The zero-order valence-corrected chi connectivity index (χ0v) is 11.6.